The van der Waals surface area contributed by atoms with Gasteiger partial charge in [-0.1, -0.05) is 0 Å². The van der Waals surface area contributed by atoms with Gasteiger partial charge in [0.05, 0.1) is 0 Å². The van der Waals surface area contributed by atoms with Crippen LogP contribution in [0, 0.1) is 17.8 Å². The summed E-state index contributed by atoms with van der Waals surface area (Å²) in [6.07, 6.45) is 3.66. The summed E-state index contributed by atoms with van der Waals surface area (Å²) in [6.45, 7) is 1.79. The molecule has 2 fully saturated rings. The molecule has 2 bridgehead atoms. The lowest BCUT2D eigenvalue weighted by Gasteiger charge is -2.36. The average molecular weight is 222 g/mol. The Morgan fingerprint density at radius 3 is 2.56 bits per heavy atom. The summed E-state index contributed by atoms with van der Waals surface area (Å²) in [7, 11) is 0. The van der Waals surface area contributed by atoms with Crippen molar-refractivity contribution >= 4 is 5.82 Å². The number of nitrogens with two attached hydrogens (primary N) is 1. The Bertz CT molecular complexity index is 383. The van der Waals surface area contributed by atoms with E-state index in [1.54, 1.807) is 0 Å². The van der Waals surface area contributed by atoms with Gasteiger partial charge in [0, 0.05) is 25.2 Å². The second-order valence-electron chi connectivity index (χ2n) is 4.78. The Morgan fingerprint density at radius 1 is 1.25 bits per heavy atom. The average Bonchev–Trinajstić information content (AvgIpc) is 2.53. The highest BCUT2D eigenvalue weighted by molar-refractivity contribution is 5.38. The molecule has 0 aromatic carbocycles. The van der Waals surface area contributed by atoms with Gasteiger partial charge in [-0.25, -0.2) is 9.97 Å². The molecule has 1 aliphatic heterocycles. The van der Waals surface area contributed by atoms with Crippen LogP contribution in [0.5, 0.6) is 0 Å². The van der Waals surface area contributed by atoms with Crippen LogP contribution in [-0.4, -0.2) is 29.1 Å². The molecule has 0 amide bonds. The van der Waals surface area contributed by atoms with Crippen molar-refractivity contribution < 1.29 is 4.39 Å². The van der Waals surface area contributed by atoms with E-state index in [1.165, 1.54) is 25.2 Å². The summed E-state index contributed by atoms with van der Waals surface area (Å²) in [5.74, 6) is 1.30. The Hall–Kier alpha value is -1.23. The molecule has 86 valence electrons. The molecule has 16 heavy (non-hydrogen) atoms. The fraction of sp³-hybridized carbons (Fsp3) is 0.636. The number of halogens is 1. The number of anilines is 1. The first-order chi connectivity index (χ1) is 7.74. The Kier molecular flexibility index (Phi) is 2.28. The molecule has 2 heterocycles. The van der Waals surface area contributed by atoms with Gasteiger partial charge in [0.2, 0.25) is 5.95 Å². The van der Waals surface area contributed by atoms with E-state index in [2.05, 4.69) is 14.9 Å². The molecule has 0 radical (unpaired) electrons. The van der Waals surface area contributed by atoms with Gasteiger partial charge in [0.1, 0.15) is 12.1 Å². The molecule has 1 saturated carbocycles. The zero-order valence-corrected chi connectivity index (χ0v) is 9.01. The Balaban J connectivity index is 1.83. The third-order valence-electron chi connectivity index (χ3n) is 3.85. The standard InChI is InChI=1S/C11H15FN4/c12-9-3-10(15-6-14-9)16-4-7-1-2-8(5-16)11(7)13/h3,6-8,11H,1-2,4-5,13H2/t7-,8+,11?. The summed E-state index contributed by atoms with van der Waals surface area (Å²) in [5, 5.41) is 0. The third kappa shape index (κ3) is 1.55. The first kappa shape index (κ1) is 9.96. The fourth-order valence-electron chi connectivity index (χ4n) is 2.95. The van der Waals surface area contributed by atoms with Gasteiger partial charge in [-0.3, -0.25) is 0 Å². The van der Waals surface area contributed by atoms with Gasteiger partial charge in [-0.15, -0.1) is 0 Å². The highest BCUT2D eigenvalue weighted by atomic mass is 19.1. The van der Waals surface area contributed by atoms with E-state index in [0.717, 1.165) is 13.1 Å². The molecule has 5 heteroatoms. The summed E-state index contributed by atoms with van der Waals surface area (Å²) in [6, 6.07) is 1.72. The van der Waals surface area contributed by atoms with Crippen molar-refractivity contribution in [2.45, 2.75) is 18.9 Å². The maximum Gasteiger partial charge on any atom is 0.218 e. The predicted octanol–water partition coefficient (Wildman–Crippen LogP) is 0.789. The van der Waals surface area contributed by atoms with Gasteiger partial charge in [-0.05, 0) is 24.7 Å². The Labute approximate surface area is 93.7 Å². The molecule has 4 nitrogen and oxygen atoms in total. The van der Waals surface area contributed by atoms with Gasteiger partial charge in [-0.2, -0.15) is 4.39 Å². The van der Waals surface area contributed by atoms with E-state index in [0.29, 0.717) is 23.7 Å². The van der Waals surface area contributed by atoms with Gasteiger partial charge < -0.3 is 10.6 Å². The van der Waals surface area contributed by atoms with Crippen LogP contribution in [0.15, 0.2) is 12.4 Å². The van der Waals surface area contributed by atoms with Gasteiger partial charge in [0.15, 0.2) is 0 Å². The minimum absolute atomic E-state index is 0.322. The lowest BCUT2D eigenvalue weighted by molar-refractivity contribution is 0.354. The zero-order chi connectivity index (χ0) is 11.1. The lowest BCUT2D eigenvalue weighted by Crippen LogP contribution is -2.49. The van der Waals surface area contributed by atoms with Crippen LogP contribution in [0.4, 0.5) is 10.2 Å². The predicted molar refractivity (Wildman–Crippen MR) is 58.4 cm³/mol. The molecule has 2 aliphatic rings. The number of fused-ring (bicyclic) bond motifs is 2. The maximum absolute atomic E-state index is 13.0. The van der Waals surface area contributed by atoms with Crippen LogP contribution >= 0.6 is 0 Å². The van der Waals surface area contributed by atoms with Crippen LogP contribution in [0.2, 0.25) is 0 Å². The lowest BCUT2D eigenvalue weighted by atomic mass is 9.93. The van der Waals surface area contributed by atoms with E-state index in [9.17, 15) is 4.39 Å². The maximum atomic E-state index is 13.0. The normalized spacial score (nSPS) is 33.1. The van der Waals surface area contributed by atoms with Crippen LogP contribution in [0.1, 0.15) is 12.8 Å². The van der Waals surface area contributed by atoms with Crippen molar-refractivity contribution in [2.24, 2.45) is 17.6 Å². The number of aromatic nitrogens is 2. The van der Waals surface area contributed by atoms with Gasteiger partial charge in [0.25, 0.3) is 0 Å². The zero-order valence-electron chi connectivity index (χ0n) is 9.01. The van der Waals surface area contributed by atoms with E-state index < -0.39 is 5.95 Å². The van der Waals surface area contributed by atoms with Gasteiger partial charge >= 0.3 is 0 Å². The molecule has 3 rings (SSSR count). The first-order valence-corrected chi connectivity index (χ1v) is 5.72. The quantitative estimate of drug-likeness (QED) is 0.714. The number of piperidine rings is 1. The molecule has 1 unspecified atom stereocenters. The Morgan fingerprint density at radius 2 is 1.94 bits per heavy atom. The second kappa shape index (κ2) is 3.66. The van der Waals surface area contributed by atoms with E-state index >= 15 is 0 Å². The minimum atomic E-state index is -0.466. The van der Waals surface area contributed by atoms with Crippen LogP contribution < -0.4 is 10.6 Å². The molecule has 0 spiro atoms. The van der Waals surface area contributed by atoms with Crippen molar-refractivity contribution in [3.8, 4) is 0 Å². The molecular formula is C11H15FN4. The van der Waals surface area contributed by atoms with E-state index in [1.807, 2.05) is 0 Å². The smallest absolute Gasteiger partial charge is 0.218 e. The summed E-state index contributed by atoms with van der Waals surface area (Å²) in [4.78, 5) is 9.73. The molecule has 1 aromatic rings. The summed E-state index contributed by atoms with van der Waals surface area (Å²) in [5.41, 5.74) is 6.12. The highest BCUT2D eigenvalue weighted by Gasteiger charge is 2.40. The van der Waals surface area contributed by atoms with Crippen LogP contribution in [0.3, 0.4) is 0 Å². The summed E-state index contributed by atoms with van der Waals surface area (Å²) >= 11 is 0. The molecule has 1 aliphatic carbocycles. The van der Waals surface area contributed by atoms with Crippen molar-refractivity contribution in [2.75, 3.05) is 18.0 Å². The molecule has 1 aromatic heterocycles. The number of rotatable bonds is 1. The van der Waals surface area contributed by atoms with Crippen molar-refractivity contribution in [1.82, 2.24) is 9.97 Å². The largest absolute Gasteiger partial charge is 0.356 e. The SMILES string of the molecule is NC1[C@@H]2CC[C@H]1CN(c1cc(F)ncn1)C2. The van der Waals surface area contributed by atoms with Crippen molar-refractivity contribution in [3.63, 3.8) is 0 Å². The highest BCUT2D eigenvalue weighted by Crippen LogP contribution is 2.36. The number of hydrogen-bond donors (Lipinski definition) is 1. The second-order valence-corrected chi connectivity index (χ2v) is 4.78. The molecule has 2 N–H and O–H groups in total. The molecular weight excluding hydrogens is 207 g/mol. The fourth-order valence-corrected chi connectivity index (χ4v) is 2.95. The topological polar surface area (TPSA) is 55.0 Å². The van der Waals surface area contributed by atoms with Crippen LogP contribution in [-0.2, 0) is 0 Å². The van der Waals surface area contributed by atoms with E-state index in [4.69, 9.17) is 5.73 Å². The molecule has 3 atom stereocenters. The number of nitrogens with zero attached hydrogens (tertiary/aromatic N) is 3. The van der Waals surface area contributed by atoms with Crippen molar-refractivity contribution in [1.29, 1.82) is 0 Å². The minimum Gasteiger partial charge on any atom is -0.356 e. The molecule has 1 saturated heterocycles. The first-order valence-electron chi connectivity index (χ1n) is 5.72. The van der Waals surface area contributed by atoms with Crippen molar-refractivity contribution in [3.05, 3.63) is 18.3 Å². The monoisotopic (exact) mass is 222 g/mol. The third-order valence-corrected chi connectivity index (χ3v) is 3.85. The summed E-state index contributed by atoms with van der Waals surface area (Å²) < 4.78 is 13.0. The van der Waals surface area contributed by atoms with Crippen LogP contribution in [0.25, 0.3) is 0 Å². The number of hydrogen-bond acceptors (Lipinski definition) is 4. The van der Waals surface area contributed by atoms with E-state index in [-0.39, 0.29) is 0 Å².